The molecule has 0 saturated heterocycles. The van der Waals surface area contributed by atoms with Gasteiger partial charge in [-0.2, -0.15) is 0 Å². The Balaban J connectivity index is 2.11. The smallest absolute Gasteiger partial charge is 0.337 e. The highest BCUT2D eigenvalue weighted by Crippen LogP contribution is 2.21. The fourth-order valence-electron chi connectivity index (χ4n) is 1.28. The minimum atomic E-state index is -1.07. The molecule has 0 bridgehead atoms. The number of rotatable bonds is 4. The topological polar surface area (TPSA) is 85.4 Å². The number of benzene rings is 1. The van der Waals surface area contributed by atoms with Gasteiger partial charge < -0.3 is 15.6 Å². The number of nitrogens with two attached hydrogens (primary N) is 1. The summed E-state index contributed by atoms with van der Waals surface area (Å²) in [5, 5.41) is 11.6. The molecule has 0 unspecified atom stereocenters. The van der Waals surface area contributed by atoms with Gasteiger partial charge in [0, 0.05) is 17.3 Å². The molecule has 0 aliphatic carbocycles. The standard InChI is InChI=1S/C11H10N2O3S/c12-9-2-1-7(5-8(9)11(14)15)16-6-10-13-3-4-17-10/h1-5H,6,12H2,(H,14,15). The van der Waals surface area contributed by atoms with E-state index in [-0.39, 0.29) is 11.3 Å². The zero-order valence-corrected chi connectivity index (χ0v) is 9.61. The van der Waals surface area contributed by atoms with Gasteiger partial charge >= 0.3 is 5.97 Å². The van der Waals surface area contributed by atoms with E-state index in [4.69, 9.17) is 15.6 Å². The normalized spacial score (nSPS) is 10.1. The molecule has 0 saturated carbocycles. The summed E-state index contributed by atoms with van der Waals surface area (Å²) in [6.45, 7) is 0.320. The van der Waals surface area contributed by atoms with Gasteiger partial charge in [-0.3, -0.25) is 0 Å². The van der Waals surface area contributed by atoms with Crippen molar-refractivity contribution >= 4 is 23.0 Å². The summed E-state index contributed by atoms with van der Waals surface area (Å²) in [5.41, 5.74) is 5.80. The number of anilines is 1. The van der Waals surface area contributed by atoms with E-state index in [1.807, 2.05) is 5.38 Å². The van der Waals surface area contributed by atoms with Crippen molar-refractivity contribution in [1.82, 2.24) is 4.98 Å². The number of carboxylic acids is 1. The molecule has 6 heteroatoms. The molecular weight excluding hydrogens is 240 g/mol. The van der Waals surface area contributed by atoms with Crippen LogP contribution >= 0.6 is 11.3 Å². The first-order valence-corrected chi connectivity index (χ1v) is 5.69. The lowest BCUT2D eigenvalue weighted by atomic mass is 10.2. The van der Waals surface area contributed by atoms with Gasteiger partial charge in [-0.1, -0.05) is 0 Å². The number of hydrogen-bond donors (Lipinski definition) is 2. The second-order valence-electron chi connectivity index (χ2n) is 3.27. The second-order valence-corrected chi connectivity index (χ2v) is 4.25. The SMILES string of the molecule is Nc1ccc(OCc2nccs2)cc1C(=O)O. The van der Waals surface area contributed by atoms with Crippen LogP contribution < -0.4 is 10.5 Å². The molecule has 0 spiro atoms. The minimum absolute atomic E-state index is 0.0432. The van der Waals surface area contributed by atoms with Crippen LogP contribution in [-0.4, -0.2) is 16.1 Å². The lowest BCUT2D eigenvalue weighted by molar-refractivity contribution is 0.0697. The summed E-state index contributed by atoms with van der Waals surface area (Å²) < 4.78 is 5.43. The Morgan fingerprint density at radius 2 is 2.35 bits per heavy atom. The molecule has 3 N–H and O–H groups in total. The zero-order chi connectivity index (χ0) is 12.3. The molecule has 0 atom stereocenters. The second kappa shape index (κ2) is 4.84. The predicted molar refractivity (Wildman–Crippen MR) is 64.3 cm³/mol. The van der Waals surface area contributed by atoms with E-state index < -0.39 is 5.97 Å². The number of thiazole rings is 1. The highest BCUT2D eigenvalue weighted by Gasteiger charge is 2.09. The molecule has 0 aliphatic heterocycles. The van der Waals surface area contributed by atoms with Crippen molar-refractivity contribution in [2.24, 2.45) is 0 Å². The van der Waals surface area contributed by atoms with Crippen molar-refractivity contribution in [3.63, 3.8) is 0 Å². The van der Waals surface area contributed by atoms with Gasteiger partial charge in [0.2, 0.25) is 0 Å². The molecule has 0 aliphatic rings. The number of aromatic nitrogens is 1. The average Bonchev–Trinajstić information content (AvgIpc) is 2.80. The number of carbonyl (C=O) groups is 1. The number of nitrogens with zero attached hydrogens (tertiary/aromatic N) is 1. The van der Waals surface area contributed by atoms with Gasteiger partial charge in [0.05, 0.1) is 5.56 Å². The van der Waals surface area contributed by atoms with Crippen LogP contribution in [-0.2, 0) is 6.61 Å². The minimum Gasteiger partial charge on any atom is -0.486 e. The summed E-state index contributed by atoms with van der Waals surface area (Å²) in [4.78, 5) is 14.9. The fourth-order valence-corrected chi connectivity index (χ4v) is 1.81. The molecule has 1 aromatic carbocycles. The van der Waals surface area contributed by atoms with Gasteiger partial charge in [-0.15, -0.1) is 11.3 Å². The largest absolute Gasteiger partial charge is 0.486 e. The van der Waals surface area contributed by atoms with Gasteiger partial charge in [0.25, 0.3) is 0 Å². The van der Waals surface area contributed by atoms with Crippen molar-refractivity contribution in [3.8, 4) is 5.75 Å². The summed E-state index contributed by atoms with van der Waals surface area (Å²) in [6, 6.07) is 4.56. The number of carboxylic acid groups (broad SMARTS) is 1. The van der Waals surface area contributed by atoms with Crippen molar-refractivity contribution < 1.29 is 14.6 Å². The quantitative estimate of drug-likeness (QED) is 0.810. The number of ether oxygens (including phenoxy) is 1. The first kappa shape index (κ1) is 11.4. The number of hydrogen-bond acceptors (Lipinski definition) is 5. The van der Waals surface area contributed by atoms with Crippen LogP contribution in [0.5, 0.6) is 5.75 Å². The molecule has 1 aromatic heterocycles. The summed E-state index contributed by atoms with van der Waals surface area (Å²) >= 11 is 1.48. The lowest BCUT2D eigenvalue weighted by Crippen LogP contribution is -2.03. The van der Waals surface area contributed by atoms with Gasteiger partial charge in [0.15, 0.2) is 0 Å². The van der Waals surface area contributed by atoms with E-state index in [2.05, 4.69) is 4.98 Å². The van der Waals surface area contributed by atoms with E-state index in [1.165, 1.54) is 23.5 Å². The van der Waals surface area contributed by atoms with Crippen LogP contribution in [0.3, 0.4) is 0 Å². The zero-order valence-electron chi connectivity index (χ0n) is 8.79. The molecule has 0 radical (unpaired) electrons. The summed E-state index contributed by atoms with van der Waals surface area (Å²) in [7, 11) is 0. The van der Waals surface area contributed by atoms with E-state index in [1.54, 1.807) is 12.3 Å². The molecule has 1 heterocycles. The molecule has 88 valence electrons. The van der Waals surface area contributed by atoms with Crippen LogP contribution in [0.25, 0.3) is 0 Å². The van der Waals surface area contributed by atoms with Gasteiger partial charge in [-0.05, 0) is 18.2 Å². The van der Waals surface area contributed by atoms with Crippen LogP contribution in [0, 0.1) is 0 Å². The molecule has 5 nitrogen and oxygen atoms in total. The van der Waals surface area contributed by atoms with E-state index in [0.717, 1.165) is 5.01 Å². The van der Waals surface area contributed by atoms with E-state index in [9.17, 15) is 4.79 Å². The highest BCUT2D eigenvalue weighted by atomic mass is 32.1. The Morgan fingerprint density at radius 3 is 3.00 bits per heavy atom. The molecule has 2 aromatic rings. The van der Waals surface area contributed by atoms with Crippen LogP contribution in [0.2, 0.25) is 0 Å². The first-order chi connectivity index (χ1) is 8.16. The maximum absolute atomic E-state index is 10.9. The lowest BCUT2D eigenvalue weighted by Gasteiger charge is -2.06. The van der Waals surface area contributed by atoms with E-state index in [0.29, 0.717) is 12.4 Å². The van der Waals surface area contributed by atoms with Crippen LogP contribution in [0.15, 0.2) is 29.8 Å². The molecule has 0 fully saturated rings. The van der Waals surface area contributed by atoms with Crippen LogP contribution in [0.4, 0.5) is 5.69 Å². The van der Waals surface area contributed by atoms with Gasteiger partial charge in [0.1, 0.15) is 17.4 Å². The Morgan fingerprint density at radius 1 is 1.53 bits per heavy atom. The molecule has 2 rings (SSSR count). The van der Waals surface area contributed by atoms with Crippen molar-refractivity contribution in [1.29, 1.82) is 0 Å². The van der Waals surface area contributed by atoms with Crippen molar-refractivity contribution in [3.05, 3.63) is 40.3 Å². The Labute approximate surface area is 101 Å². The molecular formula is C11H10N2O3S. The fraction of sp³-hybridized carbons (Fsp3) is 0.0909. The maximum atomic E-state index is 10.9. The predicted octanol–water partition coefficient (Wildman–Crippen LogP) is 2.00. The highest BCUT2D eigenvalue weighted by molar-refractivity contribution is 7.09. The summed E-state index contributed by atoms with van der Waals surface area (Å²) in [5.74, 6) is -0.603. The third kappa shape index (κ3) is 2.73. The number of nitrogen functional groups attached to an aromatic ring is 1. The number of aromatic carboxylic acids is 1. The molecule has 17 heavy (non-hydrogen) atoms. The Hall–Kier alpha value is -2.08. The molecule has 0 amide bonds. The van der Waals surface area contributed by atoms with Crippen molar-refractivity contribution in [2.75, 3.05) is 5.73 Å². The van der Waals surface area contributed by atoms with E-state index >= 15 is 0 Å². The van der Waals surface area contributed by atoms with Crippen molar-refractivity contribution in [2.45, 2.75) is 6.61 Å². The van der Waals surface area contributed by atoms with Crippen LogP contribution in [0.1, 0.15) is 15.4 Å². The third-order valence-corrected chi connectivity index (χ3v) is 2.85. The Kier molecular flexibility index (Phi) is 3.24. The maximum Gasteiger partial charge on any atom is 0.337 e. The summed E-state index contributed by atoms with van der Waals surface area (Å²) in [6.07, 6.45) is 1.69. The first-order valence-electron chi connectivity index (χ1n) is 4.81. The Bertz CT molecular complexity index is 526. The third-order valence-electron chi connectivity index (χ3n) is 2.10. The average molecular weight is 250 g/mol. The monoisotopic (exact) mass is 250 g/mol. The van der Waals surface area contributed by atoms with Gasteiger partial charge in [-0.25, -0.2) is 9.78 Å².